The van der Waals surface area contributed by atoms with Crippen molar-refractivity contribution < 1.29 is 9.13 Å². The van der Waals surface area contributed by atoms with Gasteiger partial charge in [-0.1, -0.05) is 23.7 Å². The second kappa shape index (κ2) is 13.2. The fraction of sp³-hybridized carbons (Fsp3) is 0.424. The van der Waals surface area contributed by atoms with Gasteiger partial charge in [-0.25, -0.2) is 9.18 Å². The minimum atomic E-state index is -0.508. The van der Waals surface area contributed by atoms with E-state index in [4.69, 9.17) is 27.5 Å². The van der Waals surface area contributed by atoms with Crippen molar-refractivity contribution in [2.45, 2.75) is 63.6 Å². The zero-order valence-electron chi connectivity index (χ0n) is 24.8. The number of hydrogen-bond donors (Lipinski definition) is 5. The van der Waals surface area contributed by atoms with E-state index in [-0.39, 0.29) is 23.1 Å². The third kappa shape index (κ3) is 7.04. The number of halogens is 2. The fourth-order valence-electron chi connectivity index (χ4n) is 5.98. The molecule has 1 aliphatic carbocycles. The summed E-state index contributed by atoms with van der Waals surface area (Å²) < 4.78 is 22.5. The number of nitrogens with zero attached hydrogens (tertiary/aromatic N) is 2. The Morgan fingerprint density at radius 2 is 2.05 bits per heavy atom. The molecule has 9 nitrogen and oxygen atoms in total. The van der Waals surface area contributed by atoms with Crippen molar-refractivity contribution >= 4 is 28.5 Å². The zero-order chi connectivity index (χ0) is 30.8. The van der Waals surface area contributed by atoms with Crippen LogP contribution in [0.4, 0.5) is 4.39 Å². The molecule has 2 aromatic carbocycles. The van der Waals surface area contributed by atoms with Crippen LogP contribution in [0.3, 0.4) is 0 Å². The number of aromatic nitrogens is 3. The van der Waals surface area contributed by atoms with Crippen LogP contribution in [-0.2, 0) is 11.2 Å². The second-order valence-electron chi connectivity index (χ2n) is 12.1. The van der Waals surface area contributed by atoms with Crippen LogP contribution >= 0.6 is 11.6 Å². The lowest BCUT2D eigenvalue weighted by Crippen LogP contribution is -2.45. The summed E-state index contributed by atoms with van der Waals surface area (Å²) in [4.78, 5) is 20.4. The van der Waals surface area contributed by atoms with Crippen LogP contribution in [0.1, 0.15) is 56.2 Å². The van der Waals surface area contributed by atoms with Crippen molar-refractivity contribution in [1.29, 1.82) is 5.41 Å². The van der Waals surface area contributed by atoms with Crippen molar-refractivity contribution in [3.8, 4) is 16.9 Å². The minimum Gasteiger partial charge on any atom is -0.378 e. The van der Waals surface area contributed by atoms with Crippen LogP contribution in [0, 0.1) is 17.1 Å². The van der Waals surface area contributed by atoms with Crippen molar-refractivity contribution in [1.82, 2.24) is 25.2 Å². The van der Waals surface area contributed by atoms with Crippen LogP contribution < -0.4 is 22.1 Å². The Hall–Kier alpha value is -3.57. The molecule has 3 heterocycles. The number of nitrogens with two attached hydrogens (primary N) is 1. The Morgan fingerprint density at radius 1 is 1.25 bits per heavy atom. The summed E-state index contributed by atoms with van der Waals surface area (Å²) in [6.45, 7) is 3.62. The molecule has 0 amide bonds. The number of fused-ring (bicyclic) bond motifs is 1. The molecule has 1 saturated carbocycles. The van der Waals surface area contributed by atoms with Gasteiger partial charge in [0.1, 0.15) is 5.65 Å². The number of aryl methyl sites for hydroxylation is 1. The van der Waals surface area contributed by atoms with E-state index in [2.05, 4.69) is 20.6 Å². The number of H-pyrrole nitrogens is 1. The molecule has 1 aliphatic heterocycles. The van der Waals surface area contributed by atoms with Gasteiger partial charge in [0.15, 0.2) is 5.82 Å². The van der Waals surface area contributed by atoms with Gasteiger partial charge in [0.25, 0.3) is 0 Å². The summed E-state index contributed by atoms with van der Waals surface area (Å²) in [5.41, 5.74) is 9.75. The third-order valence-electron chi connectivity index (χ3n) is 8.61. The summed E-state index contributed by atoms with van der Waals surface area (Å²) in [6, 6.07) is 13.5. The summed E-state index contributed by atoms with van der Waals surface area (Å²) >= 11 is 6.30. The SMILES string of the molecule is CC(=N)NCC[C@@H]1COC[C@@H](c2ccc(-n3cc4cc(-c5cc(CCC[C@@H](N)C6CC6)cc(Cl)c5F)[nH]c4nc3=O)cc2)N1. The maximum Gasteiger partial charge on any atom is 0.354 e. The lowest BCUT2D eigenvalue weighted by atomic mass is 10.00. The quantitative estimate of drug-likeness (QED) is 0.115. The van der Waals surface area contributed by atoms with Crippen LogP contribution in [-0.4, -0.2) is 52.2 Å². The first-order valence-corrected chi connectivity index (χ1v) is 15.7. The molecule has 232 valence electrons. The van der Waals surface area contributed by atoms with Gasteiger partial charge in [-0.05, 0) is 92.8 Å². The number of nitrogens with one attached hydrogen (secondary N) is 4. The van der Waals surface area contributed by atoms with Crippen LogP contribution in [0.2, 0.25) is 5.02 Å². The molecule has 0 radical (unpaired) electrons. The van der Waals surface area contributed by atoms with Gasteiger partial charge < -0.3 is 26.1 Å². The van der Waals surface area contributed by atoms with Gasteiger partial charge in [-0.3, -0.25) is 9.98 Å². The van der Waals surface area contributed by atoms with Gasteiger partial charge in [0.2, 0.25) is 0 Å². The molecule has 3 atom stereocenters. The Labute approximate surface area is 260 Å². The Bertz CT molecular complexity index is 1700. The van der Waals surface area contributed by atoms with Gasteiger partial charge in [0.05, 0.1) is 41.5 Å². The second-order valence-corrected chi connectivity index (χ2v) is 12.5. The van der Waals surface area contributed by atoms with Crippen LogP contribution in [0.15, 0.2) is 53.5 Å². The highest BCUT2D eigenvalue weighted by Gasteiger charge is 2.28. The normalized spacial score (nSPS) is 19.3. The average molecular weight is 620 g/mol. The smallest absolute Gasteiger partial charge is 0.354 e. The largest absolute Gasteiger partial charge is 0.378 e. The fourth-order valence-corrected chi connectivity index (χ4v) is 6.22. The van der Waals surface area contributed by atoms with E-state index >= 15 is 4.39 Å². The molecule has 0 bridgehead atoms. The van der Waals surface area contributed by atoms with Gasteiger partial charge in [-0.2, -0.15) is 4.98 Å². The standard InChI is InChI=1S/C33H39ClFN7O2/c1-19(36)38-12-11-24-17-44-18-30(39-24)22-7-9-25(10-8-22)42-16-23-15-29(40-32(23)41-33(42)43)26-13-20(14-27(34)31(26)35)3-2-4-28(37)21-5-6-21/h7-10,13-16,21,24,28,30,39H,2-6,11-12,17-18,37H2,1H3,(H2,36,38)(H,40,41,43)/t24-,28-,30+/m1/s1. The summed E-state index contributed by atoms with van der Waals surface area (Å²) in [7, 11) is 0. The molecule has 0 spiro atoms. The lowest BCUT2D eigenvalue weighted by Gasteiger charge is -2.31. The van der Waals surface area contributed by atoms with Gasteiger partial charge in [0, 0.05) is 35.8 Å². The van der Waals surface area contributed by atoms with Crippen LogP contribution in [0.25, 0.3) is 28.0 Å². The number of aromatic amines is 1. The first kappa shape index (κ1) is 30.5. The highest BCUT2D eigenvalue weighted by Crippen LogP contribution is 2.34. The van der Waals surface area contributed by atoms with E-state index in [0.717, 1.165) is 36.8 Å². The molecule has 44 heavy (non-hydrogen) atoms. The van der Waals surface area contributed by atoms with E-state index in [9.17, 15) is 4.79 Å². The first-order chi connectivity index (χ1) is 21.2. The van der Waals surface area contributed by atoms with Gasteiger partial charge in [-0.15, -0.1) is 0 Å². The van der Waals surface area contributed by atoms with Crippen LogP contribution in [0.5, 0.6) is 0 Å². The third-order valence-corrected chi connectivity index (χ3v) is 8.89. The molecule has 2 aliphatic rings. The molecular weight excluding hydrogens is 581 g/mol. The molecule has 11 heteroatoms. The molecule has 6 rings (SSSR count). The Morgan fingerprint density at radius 3 is 2.80 bits per heavy atom. The summed E-state index contributed by atoms with van der Waals surface area (Å²) in [5, 5.41) is 14.9. The minimum absolute atomic E-state index is 0.0286. The van der Waals surface area contributed by atoms with Crippen molar-refractivity contribution in [3.05, 3.63) is 81.1 Å². The molecule has 6 N–H and O–H groups in total. The molecule has 0 unspecified atom stereocenters. The van der Waals surface area contributed by atoms with Crippen molar-refractivity contribution in [2.24, 2.45) is 11.7 Å². The number of rotatable bonds is 11. The average Bonchev–Trinajstić information content (AvgIpc) is 3.78. The molecular formula is C33H39ClFN7O2. The first-order valence-electron chi connectivity index (χ1n) is 15.3. The maximum atomic E-state index is 15.2. The number of hydrogen-bond acceptors (Lipinski definition) is 6. The maximum absolute atomic E-state index is 15.2. The number of ether oxygens (including phenoxy) is 1. The summed E-state index contributed by atoms with van der Waals surface area (Å²) in [5.74, 6) is 0.598. The molecule has 2 aromatic heterocycles. The number of benzene rings is 2. The highest BCUT2D eigenvalue weighted by molar-refractivity contribution is 6.31. The Kier molecular flexibility index (Phi) is 9.13. The predicted octanol–water partition coefficient (Wildman–Crippen LogP) is 5.24. The van der Waals surface area contributed by atoms with E-state index in [0.29, 0.717) is 59.5 Å². The molecule has 2 fully saturated rings. The topological polar surface area (TPSA) is 134 Å². The molecule has 4 aromatic rings. The van der Waals surface area contributed by atoms with E-state index < -0.39 is 11.5 Å². The Balaban J connectivity index is 1.18. The molecule has 1 saturated heterocycles. The summed E-state index contributed by atoms with van der Waals surface area (Å²) in [6.07, 6.45) is 7.62. The van der Waals surface area contributed by atoms with Gasteiger partial charge >= 0.3 is 5.69 Å². The number of morpholine rings is 1. The van der Waals surface area contributed by atoms with Crippen molar-refractivity contribution in [3.63, 3.8) is 0 Å². The monoisotopic (exact) mass is 619 g/mol. The van der Waals surface area contributed by atoms with E-state index in [1.165, 1.54) is 17.4 Å². The zero-order valence-corrected chi connectivity index (χ0v) is 25.6. The number of amidine groups is 1. The van der Waals surface area contributed by atoms with Crippen molar-refractivity contribution in [2.75, 3.05) is 19.8 Å². The predicted molar refractivity (Wildman–Crippen MR) is 172 cm³/mol. The highest BCUT2D eigenvalue weighted by atomic mass is 35.5. The van der Waals surface area contributed by atoms with E-state index in [1.807, 2.05) is 30.3 Å². The lowest BCUT2D eigenvalue weighted by molar-refractivity contribution is 0.0431. The van der Waals surface area contributed by atoms with E-state index in [1.54, 1.807) is 25.3 Å².